The van der Waals surface area contributed by atoms with Crippen LogP contribution in [0.3, 0.4) is 0 Å². The van der Waals surface area contributed by atoms with Crippen LogP contribution < -0.4 is 0 Å². The van der Waals surface area contributed by atoms with Crippen molar-refractivity contribution in [3.05, 3.63) is 163 Å². The minimum atomic E-state index is 0.633. The van der Waals surface area contributed by atoms with Gasteiger partial charge in [0.05, 0.1) is 23.8 Å². The molecule has 0 aliphatic heterocycles. The molecule has 0 unspecified atom stereocenters. The van der Waals surface area contributed by atoms with Crippen LogP contribution in [0.2, 0.25) is 0 Å². The van der Waals surface area contributed by atoms with Gasteiger partial charge >= 0.3 is 0 Å². The van der Waals surface area contributed by atoms with E-state index in [1.165, 1.54) is 11.1 Å². The summed E-state index contributed by atoms with van der Waals surface area (Å²) in [5, 5.41) is 26.5. The second kappa shape index (κ2) is 8.43. The van der Waals surface area contributed by atoms with Crippen molar-refractivity contribution in [2.45, 2.75) is 13.1 Å². The number of rotatable bonds is 4. The molecular formula is C30H22N6. The fourth-order valence-corrected chi connectivity index (χ4v) is 5.05. The number of hydrogen-bond donors (Lipinski definition) is 0. The Morgan fingerprint density at radius 2 is 0.778 bits per heavy atom. The molecule has 4 aromatic carbocycles. The van der Waals surface area contributed by atoms with E-state index in [0.717, 1.165) is 42.3 Å². The van der Waals surface area contributed by atoms with Crippen molar-refractivity contribution in [2.75, 3.05) is 0 Å². The van der Waals surface area contributed by atoms with Crippen molar-refractivity contribution < 1.29 is 0 Å². The van der Waals surface area contributed by atoms with Gasteiger partial charge in [-0.05, 0) is 11.1 Å². The SMILES string of the molecule is c1ccc(Cn2nnc3/c2=c2/cccc/c2=c2/c(nnn2Cc2ccccc2)=c2/cccc/c2=3)cc1. The maximum absolute atomic E-state index is 4.70. The summed E-state index contributed by atoms with van der Waals surface area (Å²) in [5.41, 5.74) is 2.35. The second-order valence-electron chi connectivity index (χ2n) is 8.95. The van der Waals surface area contributed by atoms with Crippen LogP contribution in [0.4, 0.5) is 0 Å². The summed E-state index contributed by atoms with van der Waals surface area (Å²) in [4.78, 5) is 0. The van der Waals surface area contributed by atoms with Crippen molar-refractivity contribution in [3.63, 3.8) is 0 Å². The van der Waals surface area contributed by atoms with Gasteiger partial charge in [-0.15, -0.1) is 10.2 Å². The zero-order valence-electron chi connectivity index (χ0n) is 19.5. The second-order valence-corrected chi connectivity index (χ2v) is 8.95. The zero-order valence-corrected chi connectivity index (χ0v) is 19.5. The molecule has 2 heterocycles. The Morgan fingerprint density at radius 3 is 1.19 bits per heavy atom. The zero-order chi connectivity index (χ0) is 23.9. The molecule has 172 valence electrons. The van der Waals surface area contributed by atoms with E-state index in [-0.39, 0.29) is 0 Å². The van der Waals surface area contributed by atoms with Crippen molar-refractivity contribution in [1.29, 1.82) is 0 Å². The lowest BCUT2D eigenvalue weighted by Crippen LogP contribution is -2.05. The molecule has 6 nitrogen and oxygen atoms in total. The topological polar surface area (TPSA) is 61.4 Å². The van der Waals surface area contributed by atoms with E-state index in [1.54, 1.807) is 0 Å². The summed E-state index contributed by atoms with van der Waals surface area (Å²) in [7, 11) is 0. The molecular weight excluding hydrogens is 444 g/mol. The van der Waals surface area contributed by atoms with Crippen molar-refractivity contribution >= 4 is 0 Å². The largest absolute Gasteiger partial charge is 0.240 e. The molecule has 0 radical (unpaired) electrons. The molecule has 0 fully saturated rings. The third-order valence-electron chi connectivity index (χ3n) is 6.70. The highest BCUT2D eigenvalue weighted by Gasteiger charge is 2.11. The minimum Gasteiger partial charge on any atom is -0.240 e. The van der Waals surface area contributed by atoms with Crippen molar-refractivity contribution in [1.82, 2.24) is 30.0 Å². The van der Waals surface area contributed by atoms with Crippen LogP contribution in [0, 0.1) is 42.3 Å². The third-order valence-corrected chi connectivity index (χ3v) is 6.70. The fraction of sp³-hybridized carbons (Fsp3) is 0.0667. The van der Waals surface area contributed by atoms with E-state index in [2.05, 4.69) is 95.4 Å². The van der Waals surface area contributed by atoms with E-state index >= 15 is 0 Å². The van der Waals surface area contributed by atoms with Gasteiger partial charge in [0.25, 0.3) is 0 Å². The summed E-state index contributed by atoms with van der Waals surface area (Å²) in [6.07, 6.45) is 0. The number of fused-ring (bicyclic) bond motifs is 4. The number of aromatic nitrogens is 6. The number of hydrogen-bond acceptors (Lipinski definition) is 4. The van der Waals surface area contributed by atoms with Crippen LogP contribution >= 0.6 is 0 Å². The highest BCUT2D eigenvalue weighted by molar-refractivity contribution is 5.24. The van der Waals surface area contributed by atoms with Gasteiger partial charge in [-0.1, -0.05) is 120 Å². The van der Waals surface area contributed by atoms with Gasteiger partial charge in [-0.25, -0.2) is 9.36 Å². The van der Waals surface area contributed by atoms with Gasteiger partial charge in [0, 0.05) is 20.9 Å². The van der Waals surface area contributed by atoms with Gasteiger partial charge < -0.3 is 0 Å². The molecule has 0 amide bonds. The Labute approximate surface area is 205 Å². The molecule has 1 aliphatic carbocycles. The first kappa shape index (κ1) is 20.5. The molecule has 2 aromatic heterocycles. The van der Waals surface area contributed by atoms with E-state index in [9.17, 15) is 0 Å². The first-order valence-corrected chi connectivity index (χ1v) is 12.0. The molecule has 0 bridgehead atoms. The van der Waals surface area contributed by atoms with Gasteiger partial charge in [-0.3, -0.25) is 0 Å². The Hall–Kier alpha value is -4.84. The molecule has 6 aromatic rings. The summed E-state index contributed by atoms with van der Waals surface area (Å²) in [6.45, 7) is 1.27. The predicted molar refractivity (Wildman–Crippen MR) is 135 cm³/mol. The fourth-order valence-electron chi connectivity index (χ4n) is 5.05. The van der Waals surface area contributed by atoms with Crippen LogP contribution in [-0.4, -0.2) is 30.0 Å². The van der Waals surface area contributed by atoms with E-state index in [4.69, 9.17) is 10.2 Å². The average molecular weight is 467 g/mol. The van der Waals surface area contributed by atoms with Crippen LogP contribution in [0.1, 0.15) is 11.1 Å². The molecule has 36 heavy (non-hydrogen) atoms. The standard InChI is InChI=1S/C30H22N6/c1-3-11-21(12-4-1)19-35-29-25-17-9-10-18-26(25)30-28(24-16-8-7-15-23(24)27(29)31-33-35)32-34-36(30)20-22-13-5-2-6-14-22/h1-18H,19-20H2/b27-23+,28-24+,29-25+,30-26+. The van der Waals surface area contributed by atoms with Crippen LogP contribution in [0.15, 0.2) is 109 Å². The summed E-state index contributed by atoms with van der Waals surface area (Å²) < 4.78 is 4.02. The van der Waals surface area contributed by atoms with Gasteiger partial charge in [0.15, 0.2) is 0 Å². The average Bonchev–Trinajstić information content (AvgIpc) is 3.53. The molecule has 0 saturated heterocycles. The van der Waals surface area contributed by atoms with Gasteiger partial charge in [-0.2, -0.15) is 0 Å². The first-order chi connectivity index (χ1) is 17.9. The van der Waals surface area contributed by atoms with Crippen LogP contribution in [0.25, 0.3) is 0 Å². The van der Waals surface area contributed by atoms with Crippen LogP contribution in [0.5, 0.6) is 0 Å². The summed E-state index contributed by atoms with van der Waals surface area (Å²) in [5.74, 6) is 0. The van der Waals surface area contributed by atoms with E-state index in [0.29, 0.717) is 13.1 Å². The molecule has 0 saturated carbocycles. The Kier molecular flexibility index (Phi) is 4.81. The van der Waals surface area contributed by atoms with Crippen molar-refractivity contribution in [3.8, 4) is 0 Å². The highest BCUT2D eigenvalue weighted by atomic mass is 15.4. The number of benzene rings is 4. The molecule has 0 atom stereocenters. The monoisotopic (exact) mass is 466 g/mol. The number of nitrogens with zero attached hydrogens (tertiary/aromatic N) is 6. The minimum absolute atomic E-state index is 0.633. The highest BCUT2D eigenvalue weighted by Crippen LogP contribution is 2.13. The molecule has 0 spiro atoms. The van der Waals surface area contributed by atoms with Gasteiger partial charge in [0.2, 0.25) is 0 Å². The van der Waals surface area contributed by atoms with Gasteiger partial charge in [0.1, 0.15) is 10.7 Å². The lowest BCUT2D eigenvalue weighted by atomic mass is 10.1. The molecule has 7 rings (SSSR count). The maximum Gasteiger partial charge on any atom is 0.121 e. The molecule has 6 heteroatoms. The Morgan fingerprint density at radius 1 is 0.417 bits per heavy atom. The normalized spacial score (nSPS) is 15.6. The lowest BCUT2D eigenvalue weighted by molar-refractivity contribution is 0.631. The van der Waals surface area contributed by atoms with E-state index < -0.39 is 0 Å². The molecule has 0 N–H and O–H groups in total. The summed E-state index contributed by atoms with van der Waals surface area (Å²) >= 11 is 0. The van der Waals surface area contributed by atoms with Crippen LogP contribution in [-0.2, 0) is 13.1 Å². The summed E-state index contributed by atoms with van der Waals surface area (Å²) in [6, 6.07) is 37.5. The maximum atomic E-state index is 4.70. The lowest BCUT2D eigenvalue weighted by Gasteiger charge is -2.04. The third kappa shape index (κ3) is 3.34. The molecule has 1 aliphatic rings. The smallest absolute Gasteiger partial charge is 0.121 e. The Bertz CT molecular complexity index is 1950. The predicted octanol–water partition coefficient (Wildman–Crippen LogP) is 4.43. The van der Waals surface area contributed by atoms with Crippen molar-refractivity contribution in [2.24, 2.45) is 0 Å². The Balaban J connectivity index is 1.71. The van der Waals surface area contributed by atoms with E-state index in [1.807, 2.05) is 33.6 Å². The first-order valence-electron chi connectivity index (χ1n) is 12.0. The quantitative estimate of drug-likeness (QED) is 0.385.